The fourth-order valence-electron chi connectivity index (χ4n) is 3.12. The van der Waals surface area contributed by atoms with Crippen LogP contribution in [0.2, 0.25) is 0 Å². The Morgan fingerprint density at radius 3 is 2.83 bits per heavy atom. The molecule has 2 amide bonds. The molecule has 2 aromatic rings. The van der Waals surface area contributed by atoms with Gasteiger partial charge in [0.25, 0.3) is 0 Å². The van der Waals surface area contributed by atoms with Gasteiger partial charge < -0.3 is 10.2 Å². The van der Waals surface area contributed by atoms with Crippen molar-refractivity contribution in [2.75, 3.05) is 7.05 Å². The van der Waals surface area contributed by atoms with Crippen LogP contribution in [-0.4, -0.2) is 33.7 Å². The first-order valence-electron chi connectivity index (χ1n) is 7.91. The van der Waals surface area contributed by atoms with Crippen LogP contribution in [0.15, 0.2) is 42.9 Å². The number of hydrogen-bond acceptors (Lipinski definition) is 4. The maximum absolute atomic E-state index is 12.7. The van der Waals surface area contributed by atoms with E-state index in [9.17, 15) is 9.59 Å². The summed E-state index contributed by atoms with van der Waals surface area (Å²) in [5.41, 5.74) is 2.74. The molecule has 0 radical (unpaired) electrons. The SMILES string of the molecule is Cc1cccnc1CNC(=O)[C@@H]1CC(=O)N(C)[C@@H]1c1cccnc1. The largest absolute Gasteiger partial charge is 0.350 e. The summed E-state index contributed by atoms with van der Waals surface area (Å²) < 4.78 is 0. The zero-order valence-electron chi connectivity index (χ0n) is 13.8. The number of aromatic nitrogens is 2. The van der Waals surface area contributed by atoms with Crippen LogP contribution in [0, 0.1) is 12.8 Å². The molecular formula is C18H20N4O2. The Morgan fingerprint density at radius 1 is 1.33 bits per heavy atom. The van der Waals surface area contributed by atoms with Gasteiger partial charge in [0.2, 0.25) is 11.8 Å². The second-order valence-corrected chi connectivity index (χ2v) is 6.03. The molecule has 24 heavy (non-hydrogen) atoms. The van der Waals surface area contributed by atoms with Gasteiger partial charge in [-0.1, -0.05) is 12.1 Å². The van der Waals surface area contributed by atoms with Crippen molar-refractivity contribution >= 4 is 11.8 Å². The molecule has 2 atom stereocenters. The minimum absolute atomic E-state index is 0.0296. The lowest BCUT2D eigenvalue weighted by atomic mass is 9.94. The molecule has 3 rings (SSSR count). The first kappa shape index (κ1) is 16.1. The first-order chi connectivity index (χ1) is 11.6. The van der Waals surface area contributed by atoms with Gasteiger partial charge in [-0.25, -0.2) is 0 Å². The van der Waals surface area contributed by atoms with Gasteiger partial charge in [0.1, 0.15) is 0 Å². The lowest BCUT2D eigenvalue weighted by molar-refractivity contribution is -0.128. The number of rotatable bonds is 4. The number of carbonyl (C=O) groups is 2. The molecule has 0 aliphatic carbocycles. The highest BCUT2D eigenvalue weighted by Gasteiger charge is 2.42. The van der Waals surface area contributed by atoms with Crippen molar-refractivity contribution in [3.8, 4) is 0 Å². The lowest BCUT2D eigenvalue weighted by Crippen LogP contribution is -2.34. The number of hydrogen-bond donors (Lipinski definition) is 1. The highest BCUT2D eigenvalue weighted by molar-refractivity contribution is 5.90. The van der Waals surface area contributed by atoms with Gasteiger partial charge in [-0.2, -0.15) is 0 Å². The number of nitrogens with zero attached hydrogens (tertiary/aromatic N) is 3. The average Bonchev–Trinajstić information content (AvgIpc) is 2.90. The number of aryl methyl sites for hydroxylation is 1. The van der Waals surface area contributed by atoms with E-state index < -0.39 is 5.92 Å². The van der Waals surface area contributed by atoms with Crippen molar-refractivity contribution in [2.24, 2.45) is 5.92 Å². The molecule has 0 spiro atoms. The lowest BCUT2D eigenvalue weighted by Gasteiger charge is -2.24. The molecule has 1 aliphatic rings. The smallest absolute Gasteiger partial charge is 0.226 e. The number of likely N-dealkylation sites (tertiary alicyclic amines) is 1. The van der Waals surface area contributed by atoms with Crippen LogP contribution in [-0.2, 0) is 16.1 Å². The Hall–Kier alpha value is -2.76. The summed E-state index contributed by atoms with van der Waals surface area (Å²) in [7, 11) is 1.73. The Bertz CT molecular complexity index is 748. The summed E-state index contributed by atoms with van der Waals surface area (Å²) in [4.78, 5) is 34.8. The molecule has 3 heterocycles. The molecule has 0 unspecified atom stereocenters. The summed E-state index contributed by atoms with van der Waals surface area (Å²) in [5.74, 6) is -0.583. The van der Waals surface area contributed by atoms with Gasteiger partial charge in [-0.3, -0.25) is 19.6 Å². The van der Waals surface area contributed by atoms with Crippen molar-refractivity contribution in [3.05, 3.63) is 59.7 Å². The maximum atomic E-state index is 12.7. The number of amides is 2. The third-order valence-electron chi connectivity index (χ3n) is 4.50. The van der Waals surface area contributed by atoms with E-state index in [1.54, 1.807) is 30.5 Å². The van der Waals surface area contributed by atoms with Crippen LogP contribution in [0.5, 0.6) is 0 Å². The predicted octanol–water partition coefficient (Wildman–Crippen LogP) is 1.62. The van der Waals surface area contributed by atoms with E-state index in [0.717, 1.165) is 16.8 Å². The van der Waals surface area contributed by atoms with Crippen LogP contribution in [0.25, 0.3) is 0 Å². The normalized spacial score (nSPS) is 20.2. The van der Waals surface area contributed by atoms with E-state index >= 15 is 0 Å². The number of pyridine rings is 2. The Balaban J connectivity index is 1.75. The summed E-state index contributed by atoms with van der Waals surface area (Å²) in [6, 6.07) is 7.26. The van der Waals surface area contributed by atoms with Gasteiger partial charge in [0.05, 0.1) is 24.2 Å². The molecule has 0 aromatic carbocycles. The van der Waals surface area contributed by atoms with Crippen molar-refractivity contribution in [2.45, 2.75) is 25.9 Å². The van der Waals surface area contributed by atoms with Crippen LogP contribution < -0.4 is 5.32 Å². The fourth-order valence-corrected chi connectivity index (χ4v) is 3.12. The van der Waals surface area contributed by atoms with Crippen LogP contribution in [0.3, 0.4) is 0 Å². The van der Waals surface area contributed by atoms with Crippen molar-refractivity contribution in [1.82, 2.24) is 20.2 Å². The van der Waals surface area contributed by atoms with E-state index in [2.05, 4.69) is 15.3 Å². The highest BCUT2D eigenvalue weighted by atomic mass is 16.2. The maximum Gasteiger partial charge on any atom is 0.226 e. The highest BCUT2D eigenvalue weighted by Crippen LogP contribution is 2.36. The van der Waals surface area contributed by atoms with Crippen molar-refractivity contribution in [1.29, 1.82) is 0 Å². The second-order valence-electron chi connectivity index (χ2n) is 6.03. The van der Waals surface area contributed by atoms with E-state index in [-0.39, 0.29) is 24.3 Å². The second kappa shape index (κ2) is 6.78. The van der Waals surface area contributed by atoms with Crippen molar-refractivity contribution in [3.63, 3.8) is 0 Å². The van der Waals surface area contributed by atoms with E-state index in [4.69, 9.17) is 0 Å². The molecule has 6 heteroatoms. The zero-order chi connectivity index (χ0) is 17.1. The topological polar surface area (TPSA) is 75.2 Å². The summed E-state index contributed by atoms with van der Waals surface area (Å²) >= 11 is 0. The Morgan fingerprint density at radius 2 is 2.12 bits per heavy atom. The zero-order valence-corrected chi connectivity index (χ0v) is 13.8. The Labute approximate surface area is 140 Å². The van der Waals surface area contributed by atoms with Gasteiger partial charge in [0, 0.05) is 32.1 Å². The van der Waals surface area contributed by atoms with Crippen LogP contribution >= 0.6 is 0 Å². The minimum Gasteiger partial charge on any atom is -0.350 e. The minimum atomic E-state index is -0.421. The van der Waals surface area contributed by atoms with Crippen LogP contribution in [0.1, 0.15) is 29.3 Å². The molecule has 1 fully saturated rings. The first-order valence-corrected chi connectivity index (χ1v) is 7.91. The average molecular weight is 324 g/mol. The number of nitrogens with one attached hydrogen (secondary N) is 1. The van der Waals surface area contributed by atoms with E-state index in [1.165, 1.54) is 0 Å². The van der Waals surface area contributed by atoms with Crippen molar-refractivity contribution < 1.29 is 9.59 Å². The summed E-state index contributed by atoms with van der Waals surface area (Å²) in [6.45, 7) is 2.32. The van der Waals surface area contributed by atoms with E-state index in [0.29, 0.717) is 6.54 Å². The van der Waals surface area contributed by atoms with Gasteiger partial charge in [-0.05, 0) is 30.2 Å². The van der Waals surface area contributed by atoms with E-state index in [1.807, 2.05) is 31.2 Å². The number of carbonyl (C=O) groups excluding carboxylic acids is 2. The molecule has 1 N–H and O–H groups in total. The molecule has 0 bridgehead atoms. The predicted molar refractivity (Wildman–Crippen MR) is 88.7 cm³/mol. The molecule has 2 aromatic heterocycles. The third kappa shape index (κ3) is 3.13. The fraction of sp³-hybridized carbons (Fsp3) is 0.333. The van der Waals surface area contributed by atoms with Gasteiger partial charge in [-0.15, -0.1) is 0 Å². The van der Waals surface area contributed by atoms with Gasteiger partial charge >= 0.3 is 0 Å². The summed E-state index contributed by atoms with van der Waals surface area (Å²) in [5, 5.41) is 2.92. The molecule has 0 saturated carbocycles. The molecule has 6 nitrogen and oxygen atoms in total. The molecule has 1 aliphatic heterocycles. The third-order valence-corrected chi connectivity index (χ3v) is 4.50. The van der Waals surface area contributed by atoms with Gasteiger partial charge in [0.15, 0.2) is 0 Å². The summed E-state index contributed by atoms with van der Waals surface area (Å²) in [6.07, 6.45) is 5.31. The standard InChI is InChI=1S/C18H20N4O2/c1-12-5-3-8-20-15(12)11-21-18(24)14-9-16(23)22(2)17(14)13-6-4-7-19-10-13/h3-8,10,14,17H,9,11H2,1-2H3,(H,21,24)/t14-,17-/m1/s1. The monoisotopic (exact) mass is 324 g/mol. The molecular weight excluding hydrogens is 304 g/mol. The van der Waals surface area contributed by atoms with Crippen LogP contribution in [0.4, 0.5) is 0 Å². The molecule has 1 saturated heterocycles. The molecule has 124 valence electrons. The Kier molecular flexibility index (Phi) is 4.55. The quantitative estimate of drug-likeness (QED) is 0.927.